The van der Waals surface area contributed by atoms with E-state index in [9.17, 15) is 14.4 Å². The summed E-state index contributed by atoms with van der Waals surface area (Å²) < 4.78 is 16.8. The smallest absolute Gasteiger partial charge is 0.306 e. The quantitative estimate of drug-likeness (QED) is 0.0262. The van der Waals surface area contributed by atoms with Gasteiger partial charge in [0.1, 0.15) is 13.2 Å². The highest BCUT2D eigenvalue weighted by molar-refractivity contribution is 5.71. The summed E-state index contributed by atoms with van der Waals surface area (Å²) in [6.45, 7) is 6.49. The Balaban J connectivity index is 4.31. The predicted molar refractivity (Wildman–Crippen MR) is 288 cm³/mol. The zero-order valence-corrected chi connectivity index (χ0v) is 44.2. The second kappa shape index (κ2) is 55.4. The molecule has 0 aliphatic heterocycles. The van der Waals surface area contributed by atoms with E-state index >= 15 is 0 Å². The molecule has 0 rings (SSSR count). The zero-order valence-electron chi connectivity index (χ0n) is 44.2. The Labute approximate surface area is 414 Å². The average Bonchev–Trinajstić information content (AvgIpc) is 3.33. The molecule has 0 fully saturated rings. The van der Waals surface area contributed by atoms with Crippen molar-refractivity contribution in [1.29, 1.82) is 0 Å². The monoisotopic (exact) mass is 935 g/mol. The maximum atomic E-state index is 12.8. The molecule has 67 heavy (non-hydrogen) atoms. The number of carbonyl (C=O) groups excluding carboxylic acids is 3. The van der Waals surface area contributed by atoms with Crippen LogP contribution < -0.4 is 0 Å². The number of hydrogen-bond donors (Lipinski definition) is 0. The third-order valence-corrected chi connectivity index (χ3v) is 12.2. The fourth-order valence-electron chi connectivity index (χ4n) is 7.89. The minimum Gasteiger partial charge on any atom is -0.462 e. The molecule has 0 bridgehead atoms. The molecule has 0 aromatic carbocycles. The summed E-state index contributed by atoms with van der Waals surface area (Å²) in [6, 6.07) is 0. The molecule has 0 radical (unpaired) electrons. The van der Waals surface area contributed by atoms with Crippen molar-refractivity contribution in [2.24, 2.45) is 0 Å². The molecule has 0 saturated heterocycles. The Morgan fingerprint density at radius 1 is 0.313 bits per heavy atom. The number of allylic oxidation sites excluding steroid dienone is 12. The Kier molecular flexibility index (Phi) is 52.8. The van der Waals surface area contributed by atoms with E-state index in [1.54, 1.807) is 0 Å². The van der Waals surface area contributed by atoms with E-state index in [-0.39, 0.29) is 31.1 Å². The number of carbonyl (C=O) groups is 3. The van der Waals surface area contributed by atoms with Gasteiger partial charge in [0.05, 0.1) is 0 Å². The van der Waals surface area contributed by atoms with Crippen LogP contribution in [0.15, 0.2) is 72.9 Å². The van der Waals surface area contributed by atoms with Crippen LogP contribution in [-0.2, 0) is 28.6 Å². The van der Waals surface area contributed by atoms with E-state index in [0.29, 0.717) is 19.3 Å². The van der Waals surface area contributed by atoms with Crippen molar-refractivity contribution >= 4 is 17.9 Å². The van der Waals surface area contributed by atoms with Crippen molar-refractivity contribution in [3.05, 3.63) is 72.9 Å². The van der Waals surface area contributed by atoms with Gasteiger partial charge in [0.2, 0.25) is 0 Å². The van der Waals surface area contributed by atoms with Crippen molar-refractivity contribution in [3.8, 4) is 0 Å². The fourth-order valence-corrected chi connectivity index (χ4v) is 7.89. The van der Waals surface area contributed by atoms with Gasteiger partial charge in [-0.2, -0.15) is 0 Å². The maximum Gasteiger partial charge on any atom is 0.306 e. The summed E-state index contributed by atoms with van der Waals surface area (Å²) in [4.78, 5) is 38.1. The summed E-state index contributed by atoms with van der Waals surface area (Å²) in [5, 5.41) is 0. The molecule has 0 N–H and O–H groups in total. The van der Waals surface area contributed by atoms with Crippen LogP contribution in [0.5, 0.6) is 0 Å². The minimum absolute atomic E-state index is 0.0827. The highest BCUT2D eigenvalue weighted by atomic mass is 16.6. The van der Waals surface area contributed by atoms with E-state index in [0.717, 1.165) is 103 Å². The topological polar surface area (TPSA) is 78.9 Å². The largest absolute Gasteiger partial charge is 0.462 e. The molecule has 6 nitrogen and oxygen atoms in total. The summed E-state index contributed by atoms with van der Waals surface area (Å²) in [5.41, 5.74) is 0. The molecule has 0 spiro atoms. The maximum absolute atomic E-state index is 12.8. The molecule has 0 aromatic heterocycles. The Morgan fingerprint density at radius 2 is 0.582 bits per heavy atom. The molecule has 386 valence electrons. The molecule has 0 aliphatic carbocycles. The first-order valence-corrected chi connectivity index (χ1v) is 28.4. The van der Waals surface area contributed by atoms with Crippen molar-refractivity contribution in [3.63, 3.8) is 0 Å². The van der Waals surface area contributed by atoms with E-state index in [1.165, 1.54) is 135 Å². The first-order valence-electron chi connectivity index (χ1n) is 28.4. The van der Waals surface area contributed by atoms with Crippen molar-refractivity contribution in [1.82, 2.24) is 0 Å². The van der Waals surface area contributed by atoms with Gasteiger partial charge in [-0.3, -0.25) is 14.4 Å². The van der Waals surface area contributed by atoms with Crippen LogP contribution in [0.3, 0.4) is 0 Å². The lowest BCUT2D eigenvalue weighted by Gasteiger charge is -2.18. The molecule has 6 heteroatoms. The molecule has 0 amide bonds. The van der Waals surface area contributed by atoms with E-state index in [1.807, 2.05) is 0 Å². The van der Waals surface area contributed by atoms with Crippen molar-refractivity contribution in [2.45, 2.75) is 284 Å². The number of esters is 3. The molecule has 0 aromatic rings. The van der Waals surface area contributed by atoms with E-state index < -0.39 is 6.10 Å². The SMILES string of the molecule is CC/C=C\C/C=C\C/C=C\C/C=C\CCCCCCCCCCCCC(=O)OCC(COC(=O)CCCCCCC/C=C\CCCCC)OC(=O)CCCCCCC/C=C\CCCCCCC. The third-order valence-electron chi connectivity index (χ3n) is 12.2. The van der Waals surface area contributed by atoms with Crippen LogP contribution in [-0.4, -0.2) is 37.2 Å². The number of hydrogen-bond acceptors (Lipinski definition) is 6. The molecule has 1 unspecified atom stereocenters. The van der Waals surface area contributed by atoms with Crippen LogP contribution in [0.4, 0.5) is 0 Å². The van der Waals surface area contributed by atoms with E-state index in [4.69, 9.17) is 14.2 Å². The normalized spacial score (nSPS) is 12.6. The van der Waals surface area contributed by atoms with Gasteiger partial charge in [-0.25, -0.2) is 0 Å². The van der Waals surface area contributed by atoms with Gasteiger partial charge in [0.25, 0.3) is 0 Å². The second-order valence-corrected chi connectivity index (χ2v) is 18.8. The number of rotatable bonds is 51. The van der Waals surface area contributed by atoms with Crippen LogP contribution >= 0.6 is 0 Å². The van der Waals surface area contributed by atoms with Gasteiger partial charge in [-0.15, -0.1) is 0 Å². The fraction of sp³-hybridized carbons (Fsp3) is 0.754. The first-order chi connectivity index (χ1) is 33.0. The minimum atomic E-state index is -0.784. The zero-order chi connectivity index (χ0) is 48.6. The summed E-state index contributed by atoms with van der Waals surface area (Å²) in [5.74, 6) is -0.898. The molecule has 0 saturated carbocycles. The molecule has 0 heterocycles. The van der Waals surface area contributed by atoms with Crippen LogP contribution in [0.2, 0.25) is 0 Å². The van der Waals surface area contributed by atoms with Crippen LogP contribution in [0.1, 0.15) is 278 Å². The third kappa shape index (κ3) is 53.7. The Hall–Kier alpha value is -3.15. The lowest BCUT2D eigenvalue weighted by molar-refractivity contribution is -0.167. The molecular formula is C61H106O6. The second-order valence-electron chi connectivity index (χ2n) is 18.8. The Bertz CT molecular complexity index is 1260. The van der Waals surface area contributed by atoms with Gasteiger partial charge < -0.3 is 14.2 Å². The first kappa shape index (κ1) is 63.8. The highest BCUT2D eigenvalue weighted by Crippen LogP contribution is 2.15. The predicted octanol–water partition coefficient (Wildman–Crippen LogP) is 19.0. The van der Waals surface area contributed by atoms with Gasteiger partial charge in [0.15, 0.2) is 6.10 Å². The van der Waals surface area contributed by atoms with Gasteiger partial charge in [-0.1, -0.05) is 222 Å². The average molecular weight is 936 g/mol. The summed E-state index contributed by atoms with van der Waals surface area (Å²) in [7, 11) is 0. The lowest BCUT2D eigenvalue weighted by atomic mass is 10.1. The van der Waals surface area contributed by atoms with Crippen LogP contribution in [0.25, 0.3) is 0 Å². The standard InChI is InChI=1S/C61H106O6/c1-4-7-10-13-16-19-22-25-27-28-29-30-31-32-33-34-35-37-39-42-45-48-51-54-60(63)66-57-58(56-65-59(62)53-50-47-44-41-38-24-21-18-15-12-9-6-3)67-61(64)55-52-49-46-43-40-36-26-23-20-17-14-11-8-5-2/h7,10,16,18-19,21,23,25-27,29-30,58H,4-6,8-9,11-15,17,20,22,24,28,31-57H2,1-3H3/b10-7-,19-16-,21-18-,26-23-,27-25-,30-29-. The number of unbranched alkanes of at least 4 members (excludes halogenated alkanes) is 28. The lowest BCUT2D eigenvalue weighted by Crippen LogP contribution is -2.30. The summed E-state index contributed by atoms with van der Waals surface area (Å²) in [6.07, 6.45) is 70.3. The molecular weight excluding hydrogens is 829 g/mol. The van der Waals surface area contributed by atoms with Gasteiger partial charge >= 0.3 is 17.9 Å². The van der Waals surface area contributed by atoms with Gasteiger partial charge in [0, 0.05) is 19.3 Å². The van der Waals surface area contributed by atoms with Crippen molar-refractivity contribution in [2.75, 3.05) is 13.2 Å². The Morgan fingerprint density at radius 3 is 0.955 bits per heavy atom. The molecule has 0 aliphatic rings. The van der Waals surface area contributed by atoms with E-state index in [2.05, 4.69) is 93.7 Å². The number of ether oxygens (including phenoxy) is 3. The van der Waals surface area contributed by atoms with Crippen LogP contribution in [0, 0.1) is 0 Å². The summed E-state index contributed by atoms with van der Waals surface area (Å²) >= 11 is 0. The molecule has 1 atom stereocenters. The van der Waals surface area contributed by atoms with Crippen molar-refractivity contribution < 1.29 is 28.6 Å². The highest BCUT2D eigenvalue weighted by Gasteiger charge is 2.19. The van der Waals surface area contributed by atoms with Gasteiger partial charge in [-0.05, 0) is 109 Å².